The van der Waals surface area contributed by atoms with Gasteiger partial charge in [-0.1, -0.05) is 12.8 Å². The van der Waals surface area contributed by atoms with E-state index in [1.54, 1.807) is 19.0 Å². The molecule has 2 fully saturated rings. The average molecular weight is 281 g/mol. The number of rotatable bonds is 2. The predicted molar refractivity (Wildman–Crippen MR) is 78.3 cm³/mol. The molecule has 0 radical (unpaired) electrons. The number of hydrogen-bond donors (Lipinski definition) is 1. The van der Waals surface area contributed by atoms with Gasteiger partial charge in [0.1, 0.15) is 0 Å². The Hall–Kier alpha value is -1.10. The van der Waals surface area contributed by atoms with Crippen molar-refractivity contribution < 1.29 is 9.59 Å². The Morgan fingerprint density at radius 1 is 1.05 bits per heavy atom. The van der Waals surface area contributed by atoms with Crippen molar-refractivity contribution in [2.24, 2.45) is 5.92 Å². The zero-order valence-electron chi connectivity index (χ0n) is 12.7. The summed E-state index contributed by atoms with van der Waals surface area (Å²) >= 11 is 0. The lowest BCUT2D eigenvalue weighted by Crippen LogP contribution is -2.50. The maximum absolute atomic E-state index is 12.5. The molecule has 0 aliphatic carbocycles. The summed E-state index contributed by atoms with van der Waals surface area (Å²) < 4.78 is 0. The standard InChI is InChI=1S/C15H27N3O2/c1-17(2)14(19)12-7-10-18(11-8-12)15(20)13-6-4-3-5-9-16-13/h12-13,16H,3-11H2,1-2H3. The lowest BCUT2D eigenvalue weighted by Gasteiger charge is -2.34. The maximum atomic E-state index is 12.5. The first-order chi connectivity index (χ1) is 9.59. The highest BCUT2D eigenvalue weighted by atomic mass is 16.2. The number of carbonyl (C=O) groups excluding carboxylic acids is 2. The summed E-state index contributed by atoms with van der Waals surface area (Å²) in [7, 11) is 3.60. The number of piperidine rings is 1. The van der Waals surface area contributed by atoms with Crippen LogP contribution in [0.3, 0.4) is 0 Å². The quantitative estimate of drug-likeness (QED) is 0.816. The Labute approximate surface area is 121 Å². The summed E-state index contributed by atoms with van der Waals surface area (Å²) in [6, 6.07) is -0.00130. The van der Waals surface area contributed by atoms with E-state index in [0.29, 0.717) is 0 Å². The molecule has 0 aromatic heterocycles. The topological polar surface area (TPSA) is 52.7 Å². The second kappa shape index (κ2) is 7.07. The lowest BCUT2D eigenvalue weighted by atomic mass is 9.95. The molecule has 5 nitrogen and oxygen atoms in total. The SMILES string of the molecule is CN(C)C(=O)C1CCN(C(=O)C2CCCCCN2)CC1. The van der Waals surface area contributed by atoms with Gasteiger partial charge in [0, 0.05) is 33.1 Å². The molecular formula is C15H27N3O2. The Balaban J connectivity index is 1.83. The first kappa shape index (κ1) is 15.3. The Morgan fingerprint density at radius 2 is 1.75 bits per heavy atom. The third-order valence-corrected chi connectivity index (χ3v) is 4.46. The molecule has 0 bridgehead atoms. The highest BCUT2D eigenvalue weighted by Crippen LogP contribution is 2.20. The van der Waals surface area contributed by atoms with Crippen LogP contribution in [0, 0.1) is 5.92 Å². The molecule has 2 heterocycles. The van der Waals surface area contributed by atoms with Crippen LogP contribution >= 0.6 is 0 Å². The van der Waals surface area contributed by atoms with E-state index in [9.17, 15) is 9.59 Å². The van der Waals surface area contributed by atoms with Gasteiger partial charge in [0.15, 0.2) is 0 Å². The fourth-order valence-electron chi connectivity index (χ4n) is 3.17. The predicted octanol–water partition coefficient (Wildman–Crippen LogP) is 0.845. The van der Waals surface area contributed by atoms with Gasteiger partial charge in [-0.05, 0) is 32.2 Å². The van der Waals surface area contributed by atoms with Crippen LogP contribution in [-0.4, -0.2) is 61.4 Å². The van der Waals surface area contributed by atoms with E-state index in [2.05, 4.69) is 5.32 Å². The van der Waals surface area contributed by atoms with Crippen LogP contribution in [0.4, 0.5) is 0 Å². The molecule has 1 atom stereocenters. The zero-order valence-corrected chi connectivity index (χ0v) is 12.7. The molecule has 0 aromatic carbocycles. The van der Waals surface area contributed by atoms with Gasteiger partial charge < -0.3 is 15.1 Å². The summed E-state index contributed by atoms with van der Waals surface area (Å²) in [4.78, 5) is 28.0. The molecule has 2 saturated heterocycles. The van der Waals surface area contributed by atoms with E-state index in [1.807, 2.05) is 4.90 Å². The van der Waals surface area contributed by atoms with Crippen molar-refractivity contribution in [3.8, 4) is 0 Å². The van der Waals surface area contributed by atoms with Crippen molar-refractivity contribution in [3.63, 3.8) is 0 Å². The van der Waals surface area contributed by atoms with Gasteiger partial charge in [-0.25, -0.2) is 0 Å². The third kappa shape index (κ3) is 3.72. The van der Waals surface area contributed by atoms with Crippen molar-refractivity contribution in [2.75, 3.05) is 33.7 Å². The van der Waals surface area contributed by atoms with Crippen molar-refractivity contribution in [3.05, 3.63) is 0 Å². The molecule has 114 valence electrons. The second-order valence-corrected chi connectivity index (χ2v) is 6.19. The summed E-state index contributed by atoms with van der Waals surface area (Å²) in [6.45, 7) is 2.40. The maximum Gasteiger partial charge on any atom is 0.239 e. The van der Waals surface area contributed by atoms with Crippen molar-refractivity contribution in [2.45, 2.75) is 44.6 Å². The number of nitrogens with zero attached hydrogens (tertiary/aromatic N) is 2. The summed E-state index contributed by atoms with van der Waals surface area (Å²) in [6.07, 6.45) is 6.08. The molecule has 5 heteroatoms. The monoisotopic (exact) mass is 281 g/mol. The second-order valence-electron chi connectivity index (χ2n) is 6.19. The smallest absolute Gasteiger partial charge is 0.239 e. The van der Waals surface area contributed by atoms with Gasteiger partial charge in [-0.2, -0.15) is 0 Å². The highest BCUT2D eigenvalue weighted by Gasteiger charge is 2.31. The summed E-state index contributed by atoms with van der Waals surface area (Å²) in [5, 5.41) is 3.36. The van der Waals surface area contributed by atoms with Crippen molar-refractivity contribution in [1.29, 1.82) is 0 Å². The number of amides is 2. The van der Waals surface area contributed by atoms with Crippen LogP contribution in [0.1, 0.15) is 38.5 Å². The van der Waals surface area contributed by atoms with Crippen LogP contribution in [0.5, 0.6) is 0 Å². The molecule has 1 unspecified atom stereocenters. The van der Waals surface area contributed by atoms with Gasteiger partial charge in [-0.15, -0.1) is 0 Å². The zero-order chi connectivity index (χ0) is 14.5. The van der Waals surface area contributed by atoms with E-state index < -0.39 is 0 Å². The van der Waals surface area contributed by atoms with E-state index >= 15 is 0 Å². The molecular weight excluding hydrogens is 254 g/mol. The van der Waals surface area contributed by atoms with Crippen LogP contribution in [0.25, 0.3) is 0 Å². The van der Waals surface area contributed by atoms with E-state index in [4.69, 9.17) is 0 Å². The highest BCUT2D eigenvalue weighted by molar-refractivity contribution is 5.83. The van der Waals surface area contributed by atoms with Gasteiger partial charge in [0.05, 0.1) is 6.04 Å². The van der Waals surface area contributed by atoms with E-state index in [0.717, 1.165) is 45.3 Å². The molecule has 0 spiro atoms. The number of carbonyl (C=O) groups is 2. The first-order valence-electron chi connectivity index (χ1n) is 7.83. The van der Waals surface area contributed by atoms with E-state index in [1.165, 1.54) is 12.8 Å². The van der Waals surface area contributed by atoms with Crippen LogP contribution in [0.2, 0.25) is 0 Å². The fraction of sp³-hybridized carbons (Fsp3) is 0.867. The number of nitrogens with one attached hydrogen (secondary N) is 1. The molecule has 2 amide bonds. The molecule has 2 aliphatic rings. The van der Waals surface area contributed by atoms with Crippen LogP contribution in [0.15, 0.2) is 0 Å². The molecule has 20 heavy (non-hydrogen) atoms. The van der Waals surface area contributed by atoms with Gasteiger partial charge in [0.25, 0.3) is 0 Å². The van der Waals surface area contributed by atoms with Crippen LogP contribution < -0.4 is 5.32 Å². The third-order valence-electron chi connectivity index (χ3n) is 4.46. The van der Waals surface area contributed by atoms with Gasteiger partial charge >= 0.3 is 0 Å². The molecule has 1 N–H and O–H groups in total. The van der Waals surface area contributed by atoms with E-state index in [-0.39, 0.29) is 23.8 Å². The lowest BCUT2D eigenvalue weighted by molar-refractivity contribution is -0.140. The van der Waals surface area contributed by atoms with Gasteiger partial charge in [0.2, 0.25) is 11.8 Å². The van der Waals surface area contributed by atoms with Gasteiger partial charge in [-0.3, -0.25) is 9.59 Å². The minimum absolute atomic E-state index is 0.00130. The minimum atomic E-state index is -0.00130. The molecule has 0 saturated carbocycles. The molecule has 2 rings (SSSR count). The largest absolute Gasteiger partial charge is 0.349 e. The Bertz CT molecular complexity index is 341. The summed E-state index contributed by atoms with van der Waals surface area (Å²) in [5.41, 5.74) is 0. The fourth-order valence-corrected chi connectivity index (χ4v) is 3.17. The first-order valence-corrected chi connectivity index (χ1v) is 7.83. The summed E-state index contributed by atoms with van der Waals surface area (Å²) in [5.74, 6) is 0.531. The Morgan fingerprint density at radius 3 is 2.40 bits per heavy atom. The van der Waals surface area contributed by atoms with Crippen molar-refractivity contribution >= 4 is 11.8 Å². The van der Waals surface area contributed by atoms with Crippen LogP contribution in [-0.2, 0) is 9.59 Å². The molecule has 2 aliphatic heterocycles. The number of likely N-dealkylation sites (tertiary alicyclic amines) is 1. The Kier molecular flexibility index (Phi) is 5.40. The average Bonchev–Trinajstić information content (AvgIpc) is 2.75. The minimum Gasteiger partial charge on any atom is -0.349 e. The van der Waals surface area contributed by atoms with Crippen molar-refractivity contribution in [1.82, 2.24) is 15.1 Å². The molecule has 0 aromatic rings. The number of hydrogen-bond acceptors (Lipinski definition) is 3. The normalized spacial score (nSPS) is 25.1.